The first-order valence-electron chi connectivity index (χ1n) is 10.0. The van der Waals surface area contributed by atoms with Crippen molar-refractivity contribution < 1.29 is 14.7 Å². The van der Waals surface area contributed by atoms with Gasteiger partial charge in [0.1, 0.15) is 6.04 Å². The van der Waals surface area contributed by atoms with Gasteiger partial charge in [-0.1, -0.05) is 91.4 Å². The molecule has 0 saturated heterocycles. The van der Waals surface area contributed by atoms with Crippen LogP contribution in [-0.2, 0) is 9.59 Å². The fourth-order valence-corrected chi connectivity index (χ4v) is 2.89. The summed E-state index contributed by atoms with van der Waals surface area (Å²) in [5.41, 5.74) is 0. The average Bonchev–Trinajstić information content (AvgIpc) is 2.53. The summed E-state index contributed by atoms with van der Waals surface area (Å²) >= 11 is 0. The van der Waals surface area contributed by atoms with E-state index in [1.807, 2.05) is 13.8 Å². The molecule has 144 valence electrons. The third-order valence-corrected chi connectivity index (χ3v) is 4.51. The number of hydrogen-bond acceptors (Lipinski definition) is 2. The van der Waals surface area contributed by atoms with Crippen molar-refractivity contribution in [1.82, 2.24) is 5.32 Å². The quantitative estimate of drug-likeness (QED) is 0.309. The van der Waals surface area contributed by atoms with E-state index in [4.69, 9.17) is 5.11 Å². The van der Waals surface area contributed by atoms with Gasteiger partial charge in [0, 0.05) is 6.42 Å². The Morgan fingerprint density at radius 2 is 1.20 bits per heavy atom. The predicted molar refractivity (Wildman–Crippen MR) is 107 cm³/mol. The van der Waals surface area contributed by atoms with E-state index in [-0.39, 0.29) is 41.4 Å². The summed E-state index contributed by atoms with van der Waals surface area (Å²) < 4.78 is 0. The molecule has 1 atom stereocenters. The molecule has 0 aromatic rings. The van der Waals surface area contributed by atoms with Gasteiger partial charge in [0.05, 0.1) is 0 Å². The predicted octanol–water partition coefficient (Wildman–Crippen LogP) is 4.65. The molecule has 0 rings (SSSR count). The van der Waals surface area contributed by atoms with E-state index >= 15 is 0 Å². The Balaban J connectivity index is 0. The van der Waals surface area contributed by atoms with E-state index in [2.05, 4.69) is 12.2 Å². The molecule has 0 aromatic heterocycles. The topological polar surface area (TPSA) is 66.4 Å². The SMILES string of the molecule is CCCCCCCCCCCCCCC(=O)N[C@H](C(=O)O)C(C)C.[NaH]. The van der Waals surface area contributed by atoms with Crippen molar-refractivity contribution in [2.45, 2.75) is 110 Å². The van der Waals surface area contributed by atoms with Gasteiger partial charge in [0.15, 0.2) is 0 Å². The molecular formula is C20H40NNaO3. The molecule has 0 aliphatic carbocycles. The van der Waals surface area contributed by atoms with Crippen LogP contribution in [0.5, 0.6) is 0 Å². The molecule has 0 fully saturated rings. The second-order valence-electron chi connectivity index (χ2n) is 7.27. The number of carbonyl (C=O) groups is 2. The van der Waals surface area contributed by atoms with Gasteiger partial charge in [-0.05, 0) is 12.3 Å². The summed E-state index contributed by atoms with van der Waals surface area (Å²) in [4.78, 5) is 22.8. The third-order valence-electron chi connectivity index (χ3n) is 4.51. The van der Waals surface area contributed by atoms with Crippen LogP contribution in [0.1, 0.15) is 104 Å². The molecule has 0 spiro atoms. The molecule has 1 amide bonds. The summed E-state index contributed by atoms with van der Waals surface area (Å²) in [5, 5.41) is 11.7. The van der Waals surface area contributed by atoms with E-state index in [1.54, 1.807) is 0 Å². The van der Waals surface area contributed by atoms with Crippen molar-refractivity contribution in [2.24, 2.45) is 5.92 Å². The van der Waals surface area contributed by atoms with Gasteiger partial charge >= 0.3 is 35.5 Å². The molecular weight excluding hydrogens is 325 g/mol. The Labute approximate surface area is 177 Å². The normalized spacial score (nSPS) is 11.8. The standard InChI is InChI=1S/C20H39NO3.Na.H/c1-4-5-6-7-8-9-10-11-12-13-14-15-16-18(22)21-19(17(2)3)20(23)24;;/h17,19H,4-16H2,1-3H3,(H,21,22)(H,23,24);;/t19-;;/m0../s1. The molecule has 0 heterocycles. The number of hydrogen-bond donors (Lipinski definition) is 2. The molecule has 25 heavy (non-hydrogen) atoms. The van der Waals surface area contributed by atoms with Crippen molar-refractivity contribution in [3.63, 3.8) is 0 Å². The second kappa shape index (κ2) is 18.7. The first-order valence-corrected chi connectivity index (χ1v) is 10.0. The fourth-order valence-electron chi connectivity index (χ4n) is 2.89. The van der Waals surface area contributed by atoms with E-state index in [9.17, 15) is 9.59 Å². The van der Waals surface area contributed by atoms with Crippen molar-refractivity contribution in [3.05, 3.63) is 0 Å². The zero-order valence-corrected chi connectivity index (χ0v) is 16.1. The number of rotatable bonds is 16. The van der Waals surface area contributed by atoms with Crippen molar-refractivity contribution >= 4 is 41.4 Å². The van der Waals surface area contributed by atoms with Crippen LogP contribution in [0.2, 0.25) is 0 Å². The maximum absolute atomic E-state index is 11.8. The fraction of sp³-hybridized carbons (Fsp3) is 0.900. The van der Waals surface area contributed by atoms with E-state index in [0.717, 1.165) is 12.8 Å². The summed E-state index contributed by atoms with van der Waals surface area (Å²) in [6.45, 7) is 5.87. The Morgan fingerprint density at radius 3 is 1.56 bits per heavy atom. The summed E-state index contributed by atoms with van der Waals surface area (Å²) in [6.07, 6.45) is 15.6. The van der Waals surface area contributed by atoms with Crippen LogP contribution in [-0.4, -0.2) is 52.6 Å². The molecule has 2 N–H and O–H groups in total. The van der Waals surface area contributed by atoms with Crippen LogP contribution < -0.4 is 5.32 Å². The van der Waals surface area contributed by atoms with Crippen LogP contribution in [0.4, 0.5) is 0 Å². The van der Waals surface area contributed by atoms with Crippen LogP contribution >= 0.6 is 0 Å². The van der Waals surface area contributed by atoms with Gasteiger partial charge in [-0.25, -0.2) is 4.79 Å². The Bertz CT molecular complexity index is 335. The van der Waals surface area contributed by atoms with Crippen LogP contribution in [0.15, 0.2) is 0 Å². The molecule has 0 aromatic carbocycles. The van der Waals surface area contributed by atoms with Crippen LogP contribution in [0.25, 0.3) is 0 Å². The maximum atomic E-state index is 11.8. The van der Waals surface area contributed by atoms with Gasteiger partial charge < -0.3 is 10.4 Å². The molecule has 0 radical (unpaired) electrons. The van der Waals surface area contributed by atoms with Gasteiger partial charge in [-0.3, -0.25) is 4.79 Å². The zero-order valence-electron chi connectivity index (χ0n) is 16.1. The molecule has 0 unspecified atom stereocenters. The number of nitrogens with one attached hydrogen (secondary N) is 1. The molecule has 4 nitrogen and oxygen atoms in total. The van der Waals surface area contributed by atoms with E-state index < -0.39 is 12.0 Å². The summed E-state index contributed by atoms with van der Waals surface area (Å²) in [6, 6.07) is -0.769. The Morgan fingerprint density at radius 1 is 0.800 bits per heavy atom. The van der Waals surface area contributed by atoms with Gasteiger partial charge in [-0.15, -0.1) is 0 Å². The number of amides is 1. The molecule has 0 saturated carbocycles. The van der Waals surface area contributed by atoms with Crippen LogP contribution in [0.3, 0.4) is 0 Å². The number of carboxylic acids is 1. The summed E-state index contributed by atoms with van der Waals surface area (Å²) in [7, 11) is 0. The summed E-state index contributed by atoms with van der Waals surface area (Å²) in [5.74, 6) is -1.18. The number of carboxylic acid groups (broad SMARTS) is 1. The third kappa shape index (κ3) is 17.1. The first-order chi connectivity index (χ1) is 11.5. The minimum atomic E-state index is -0.951. The number of unbranched alkanes of at least 4 members (excludes halogenated alkanes) is 11. The zero-order chi connectivity index (χ0) is 18.2. The Hall–Kier alpha value is -0.0600. The van der Waals surface area contributed by atoms with Gasteiger partial charge in [0.25, 0.3) is 0 Å². The number of carbonyl (C=O) groups excluding carboxylic acids is 1. The average molecular weight is 366 g/mol. The first kappa shape index (κ1) is 27.2. The molecule has 0 aliphatic rings. The van der Waals surface area contributed by atoms with Gasteiger partial charge in [-0.2, -0.15) is 0 Å². The second-order valence-corrected chi connectivity index (χ2v) is 7.27. The number of aliphatic carboxylic acids is 1. The monoisotopic (exact) mass is 365 g/mol. The van der Waals surface area contributed by atoms with Crippen molar-refractivity contribution in [2.75, 3.05) is 0 Å². The molecule has 0 aliphatic heterocycles. The van der Waals surface area contributed by atoms with E-state index in [1.165, 1.54) is 64.2 Å². The molecule has 5 heteroatoms. The van der Waals surface area contributed by atoms with Crippen LogP contribution in [0, 0.1) is 5.92 Å². The molecule has 0 bridgehead atoms. The van der Waals surface area contributed by atoms with Crippen molar-refractivity contribution in [1.29, 1.82) is 0 Å². The van der Waals surface area contributed by atoms with Crippen molar-refractivity contribution in [3.8, 4) is 0 Å². The Kier molecular flexibility index (Phi) is 20.3. The van der Waals surface area contributed by atoms with Gasteiger partial charge in [0.2, 0.25) is 5.91 Å². The minimum absolute atomic E-state index is 0. The van der Waals surface area contributed by atoms with E-state index in [0.29, 0.717) is 6.42 Å².